The van der Waals surface area contributed by atoms with Gasteiger partial charge in [-0.25, -0.2) is 0 Å². The van der Waals surface area contributed by atoms with Crippen LogP contribution < -0.4 is 26.2 Å². The molecule has 0 bridgehead atoms. The van der Waals surface area contributed by atoms with E-state index in [1.807, 2.05) is 109 Å². The maximum Gasteiger partial charge on any atom is 0.252 e. The van der Waals surface area contributed by atoms with Gasteiger partial charge < -0.3 is 23.5 Å². The fourth-order valence-corrected chi connectivity index (χ4v) is 17.2. The Morgan fingerprint density at radius 2 is 0.764 bits per heavy atom. The van der Waals surface area contributed by atoms with Gasteiger partial charge in [0.15, 0.2) is 0 Å². The highest BCUT2D eigenvalue weighted by molar-refractivity contribution is 7.00. The van der Waals surface area contributed by atoms with E-state index in [0.717, 1.165) is 110 Å². The van der Waals surface area contributed by atoms with E-state index in [0.29, 0.717) is 45.1 Å². The fraction of sp³-hybridized carbons (Fsp3) is 0.117. The number of hydrogen-bond acceptors (Lipinski definition) is 3. The second-order valence-corrected chi connectivity index (χ2v) is 32.3. The number of nitriles is 1. The molecule has 0 unspecified atom stereocenters. The molecule has 0 amide bonds. The quantitative estimate of drug-likeness (QED) is 0.135. The smallest absolute Gasteiger partial charge is 0.252 e. The van der Waals surface area contributed by atoms with Gasteiger partial charge in [-0.15, -0.1) is 0 Å². The molecule has 0 atom stereocenters. The summed E-state index contributed by atoms with van der Waals surface area (Å²) in [6, 6.07) is 81.9. The van der Waals surface area contributed by atoms with Crippen LogP contribution in [0.3, 0.4) is 0 Å². The molecule has 0 N–H and O–H groups in total. The predicted molar refractivity (Wildman–Crippen MR) is 466 cm³/mol. The zero-order valence-electron chi connectivity index (χ0n) is 75.4. The summed E-state index contributed by atoms with van der Waals surface area (Å²) in [6.07, 6.45) is 0. The lowest BCUT2D eigenvalue weighted by molar-refractivity contribution is 0.590. The Balaban J connectivity index is 0.999. The molecule has 0 aliphatic carbocycles. The van der Waals surface area contributed by atoms with Gasteiger partial charge in [0.05, 0.1) is 73.5 Å². The summed E-state index contributed by atoms with van der Waals surface area (Å²) >= 11 is 0. The van der Waals surface area contributed by atoms with Crippen molar-refractivity contribution in [3.63, 3.8) is 0 Å². The number of hydrogen-bond donors (Lipinski definition) is 0. The molecule has 0 spiro atoms. The van der Waals surface area contributed by atoms with Crippen molar-refractivity contribution in [3.8, 4) is 67.6 Å². The van der Waals surface area contributed by atoms with Gasteiger partial charge in [0.1, 0.15) is 6.07 Å². The maximum atomic E-state index is 12.3. The normalized spacial score (nSPS) is 14.5. The number of nitrogens with zero attached hydrogens (tertiary/aromatic N) is 6. The van der Waals surface area contributed by atoms with Gasteiger partial charge in [-0.3, -0.25) is 0 Å². The number of fused-ring (bicyclic) bond motifs is 13. The topological polar surface area (TPSA) is 45.1 Å². The lowest BCUT2D eigenvalue weighted by Crippen LogP contribution is -2.61. The number of benzene rings is 15. The minimum absolute atomic E-state index is 0.0555. The van der Waals surface area contributed by atoms with Crippen LogP contribution in [0.1, 0.15) is 102 Å². The van der Waals surface area contributed by atoms with E-state index >= 15 is 0 Å². The minimum atomic E-state index is -0.769. The van der Waals surface area contributed by atoms with E-state index < -0.39 is 78.6 Å². The van der Waals surface area contributed by atoms with Crippen molar-refractivity contribution in [1.82, 2.24) is 13.7 Å². The van der Waals surface area contributed by atoms with Crippen LogP contribution in [-0.2, 0) is 16.2 Å². The summed E-state index contributed by atoms with van der Waals surface area (Å²) in [7, 11) is 0. The number of para-hydroxylation sites is 4. The first kappa shape index (κ1) is 53.6. The Morgan fingerprint density at radius 3 is 1.33 bits per heavy atom. The Hall–Kier alpha value is -13.1. The van der Waals surface area contributed by atoms with E-state index in [4.69, 9.17) is 4.11 Å². The molecule has 0 fully saturated rings. The van der Waals surface area contributed by atoms with Crippen LogP contribution in [0, 0.1) is 11.3 Å². The molecule has 3 aromatic heterocycles. The largest absolute Gasteiger partial charge is 0.310 e. The molecule has 2 aliphatic rings. The summed E-state index contributed by atoms with van der Waals surface area (Å²) in [6.45, 7) is 19.2. The van der Waals surface area contributed by atoms with Gasteiger partial charge in [-0.2, -0.15) is 5.26 Å². The molecule has 0 saturated heterocycles. The molecule has 0 saturated carbocycles. The predicted octanol–water partition coefficient (Wildman–Crippen LogP) is 25.5. The van der Waals surface area contributed by atoms with Gasteiger partial charge in [0.25, 0.3) is 6.71 Å². The Morgan fingerprint density at radius 1 is 0.300 bits per heavy atom. The molecule has 2 aliphatic heterocycles. The molecule has 110 heavy (non-hydrogen) atoms. The third-order valence-electron chi connectivity index (χ3n) is 22.6. The first-order valence-electron chi connectivity index (χ1n) is 44.0. The highest BCUT2D eigenvalue weighted by Crippen LogP contribution is 2.54. The fourth-order valence-electron chi connectivity index (χ4n) is 17.2. The van der Waals surface area contributed by atoms with Crippen molar-refractivity contribution in [1.29, 1.82) is 5.26 Å². The monoisotopic (exact) mass is 1430 g/mol. The molecule has 7 heteroatoms. The zero-order valence-corrected chi connectivity index (χ0v) is 62.4. The van der Waals surface area contributed by atoms with Crippen molar-refractivity contribution in [2.45, 2.75) is 78.6 Å². The molecular weight excluding hydrogens is 1330 g/mol. The highest BCUT2D eigenvalue weighted by atomic mass is 15.2. The van der Waals surface area contributed by atoms with Crippen molar-refractivity contribution < 1.29 is 17.8 Å². The molecule has 20 rings (SSSR count). The second kappa shape index (κ2) is 25.0. The summed E-state index contributed by atoms with van der Waals surface area (Å²) in [5, 5.41) is 16.3. The van der Waals surface area contributed by atoms with E-state index in [2.05, 4.69) is 221 Å². The SMILES string of the molecule is [2H]c1c([2H])c([2H])c(-c2cccc(-c3ccc4c(c3)B3c5ccc(-n6c7ccc(C(C)(C)C)cc7c7cc(C(C)(C)C)ccc76)cc5N(c5cc(-n6c7ccccc7c7ccccc76)ccc5C#N)c5cc(-n6c7c([2H])c([2H])c([2H])c([2H])c7c7c([2H])c([2H])c([2H])c([2H])c76)cc(c53)N4c3c(-c4ccccc4)cc(C(C)(C)C)cc3-c3ccccc3)c2)c([2H])c1[2H]. The van der Waals surface area contributed by atoms with Gasteiger partial charge in [0, 0.05) is 77.6 Å². The standard InChI is InChI=1S/C103H81BN6/c1-101(2,3)72-46-52-92-84(56-72)85-57-73(102(4,5)6)47-53-93(85)107(92)76-49-50-86-96(61-76)109(95-60-75(48-44-71(95)64-105)106-88-40-23-19-36-78(88)79-37-20-24-41-89(79)106)97-62-77(108-90-42-25-21-38-80(90)81-39-22-26-43-91(81)108)63-98-99(97)104(86)87-55-70(69-35-27-34-68(54-69)65-28-13-10-14-29-65)45-51-94(87)110(98)100-82(66-30-15-11-16-31-66)58-74(103(7,8)9)59-83(100)67-32-17-12-18-33-67/h10-63H,1-9H3/i10D,13D,14D,21D,22D,25D,26D,28D,29D,38D,39D,42D,43D. The van der Waals surface area contributed by atoms with Gasteiger partial charge >= 0.3 is 0 Å². The number of aromatic nitrogens is 3. The maximum absolute atomic E-state index is 12.3. The molecule has 15 aromatic carbocycles. The Bertz CT molecular complexity index is 7420. The average Bonchev–Trinajstić information content (AvgIpc) is 1.45. The van der Waals surface area contributed by atoms with E-state index in [1.54, 1.807) is 10.6 Å². The van der Waals surface area contributed by atoms with Crippen LogP contribution >= 0.6 is 0 Å². The van der Waals surface area contributed by atoms with Crippen molar-refractivity contribution >= 4 is 123 Å². The van der Waals surface area contributed by atoms with Crippen LogP contribution in [0.2, 0.25) is 0 Å². The first-order valence-corrected chi connectivity index (χ1v) is 37.5. The molecule has 526 valence electrons. The molecule has 18 aromatic rings. The summed E-state index contributed by atoms with van der Waals surface area (Å²) in [5.74, 6) is 0. The van der Waals surface area contributed by atoms with Crippen molar-refractivity contribution in [2.75, 3.05) is 9.80 Å². The average molecular weight is 1430 g/mol. The van der Waals surface area contributed by atoms with Crippen LogP contribution in [0.25, 0.3) is 127 Å². The van der Waals surface area contributed by atoms with Crippen LogP contribution in [-0.4, -0.2) is 20.4 Å². The second-order valence-electron chi connectivity index (χ2n) is 32.3. The third kappa shape index (κ3) is 10.5. The van der Waals surface area contributed by atoms with E-state index in [9.17, 15) is 19.0 Å². The molecule has 0 radical (unpaired) electrons. The minimum Gasteiger partial charge on any atom is -0.310 e. The zero-order chi connectivity index (χ0) is 86.0. The molecule has 6 nitrogen and oxygen atoms in total. The van der Waals surface area contributed by atoms with Gasteiger partial charge in [0.2, 0.25) is 0 Å². The van der Waals surface area contributed by atoms with Gasteiger partial charge in [-0.1, -0.05) is 274 Å². The lowest BCUT2D eigenvalue weighted by Gasteiger charge is -2.45. The first-order chi connectivity index (χ1) is 58.8. The third-order valence-corrected chi connectivity index (χ3v) is 22.6. The number of rotatable bonds is 9. The lowest BCUT2D eigenvalue weighted by atomic mass is 9.33. The van der Waals surface area contributed by atoms with E-state index in [-0.39, 0.29) is 56.0 Å². The van der Waals surface area contributed by atoms with Crippen LogP contribution in [0.5, 0.6) is 0 Å². The van der Waals surface area contributed by atoms with Crippen molar-refractivity contribution in [3.05, 3.63) is 350 Å². The Kier molecular flexibility index (Phi) is 12.2. The van der Waals surface area contributed by atoms with Crippen LogP contribution in [0.4, 0.5) is 34.1 Å². The van der Waals surface area contributed by atoms with Gasteiger partial charge in [-0.05, 0) is 198 Å². The number of anilines is 6. The van der Waals surface area contributed by atoms with E-state index in [1.165, 1.54) is 11.1 Å². The summed E-state index contributed by atoms with van der Waals surface area (Å²) in [5.41, 5.74) is 19.5. The Labute approximate surface area is 661 Å². The highest BCUT2D eigenvalue weighted by Gasteiger charge is 2.46. The molecule has 5 heterocycles. The van der Waals surface area contributed by atoms with Crippen LogP contribution in [0.15, 0.2) is 327 Å². The molecular formula is C103H81BN6. The summed E-state index contributed by atoms with van der Waals surface area (Å²) < 4.78 is 129. The summed E-state index contributed by atoms with van der Waals surface area (Å²) in [4.78, 5) is 4.47. The van der Waals surface area contributed by atoms with Crippen molar-refractivity contribution in [2.24, 2.45) is 0 Å².